The summed E-state index contributed by atoms with van der Waals surface area (Å²) in [6.45, 7) is 1.72. The molecular formula is C14H19Cl2F3N2O2. The lowest BCUT2D eigenvalue weighted by Gasteiger charge is -2.35. The molecule has 4 nitrogen and oxygen atoms in total. The molecule has 0 unspecified atom stereocenters. The van der Waals surface area contributed by atoms with Crippen molar-refractivity contribution in [3.8, 4) is 0 Å². The SMILES string of the molecule is Cl.Cl.O=C(O)c1ccc(CN2CCN(CC(F)(F)F)CC2)cc1. The minimum Gasteiger partial charge on any atom is -0.478 e. The van der Waals surface area contributed by atoms with Gasteiger partial charge in [0.25, 0.3) is 0 Å². The summed E-state index contributed by atoms with van der Waals surface area (Å²) in [4.78, 5) is 14.2. The fourth-order valence-electron chi connectivity index (χ4n) is 2.37. The van der Waals surface area contributed by atoms with Gasteiger partial charge in [0.1, 0.15) is 0 Å². The minimum atomic E-state index is -4.14. The van der Waals surface area contributed by atoms with Gasteiger partial charge in [-0.2, -0.15) is 13.2 Å². The van der Waals surface area contributed by atoms with E-state index >= 15 is 0 Å². The molecule has 1 aromatic carbocycles. The lowest BCUT2D eigenvalue weighted by molar-refractivity contribution is -0.149. The number of halogens is 5. The average molecular weight is 375 g/mol. The third-order valence-electron chi connectivity index (χ3n) is 3.47. The predicted molar refractivity (Wildman–Crippen MR) is 85.7 cm³/mol. The molecule has 9 heteroatoms. The van der Waals surface area contributed by atoms with Crippen molar-refractivity contribution >= 4 is 30.8 Å². The van der Waals surface area contributed by atoms with Crippen LogP contribution in [0.1, 0.15) is 15.9 Å². The Bertz CT molecular complexity index is 490. The van der Waals surface area contributed by atoms with Crippen LogP contribution in [0.5, 0.6) is 0 Å². The third kappa shape index (κ3) is 7.39. The van der Waals surface area contributed by atoms with Gasteiger partial charge in [-0.25, -0.2) is 4.79 Å². The lowest BCUT2D eigenvalue weighted by Crippen LogP contribution is -2.48. The standard InChI is InChI=1S/C14H17F3N2O2.2ClH/c15-14(16,17)10-19-7-5-18(6-8-19)9-11-1-3-12(4-2-11)13(20)21;;/h1-4H,5-10H2,(H,20,21);2*1H. The van der Waals surface area contributed by atoms with Crippen molar-refractivity contribution in [3.05, 3.63) is 35.4 Å². The summed E-state index contributed by atoms with van der Waals surface area (Å²) < 4.78 is 36.9. The van der Waals surface area contributed by atoms with E-state index in [1.165, 1.54) is 17.0 Å². The zero-order valence-corrected chi connectivity index (χ0v) is 13.9. The second-order valence-corrected chi connectivity index (χ2v) is 5.17. The van der Waals surface area contributed by atoms with Gasteiger partial charge in [-0.1, -0.05) is 12.1 Å². The van der Waals surface area contributed by atoms with Gasteiger partial charge in [0.15, 0.2) is 0 Å². The summed E-state index contributed by atoms with van der Waals surface area (Å²) >= 11 is 0. The van der Waals surface area contributed by atoms with Crippen LogP contribution in [0.2, 0.25) is 0 Å². The number of nitrogens with zero attached hydrogens (tertiary/aromatic N) is 2. The van der Waals surface area contributed by atoms with Gasteiger partial charge in [-0.05, 0) is 17.7 Å². The van der Waals surface area contributed by atoms with Crippen LogP contribution in [0, 0.1) is 0 Å². The zero-order valence-electron chi connectivity index (χ0n) is 12.3. The number of carboxylic acid groups (broad SMARTS) is 1. The van der Waals surface area contributed by atoms with E-state index in [2.05, 4.69) is 4.90 Å². The van der Waals surface area contributed by atoms with Gasteiger partial charge in [-0.15, -0.1) is 24.8 Å². The van der Waals surface area contributed by atoms with Crippen molar-refractivity contribution in [2.24, 2.45) is 0 Å². The number of piperazine rings is 1. The Hall–Kier alpha value is -1.02. The Labute approximate surface area is 145 Å². The highest BCUT2D eigenvalue weighted by molar-refractivity contribution is 5.87. The number of rotatable bonds is 4. The molecule has 1 aliphatic rings. The van der Waals surface area contributed by atoms with Crippen molar-refractivity contribution in [1.29, 1.82) is 0 Å². The maximum absolute atomic E-state index is 12.3. The van der Waals surface area contributed by atoms with Crippen LogP contribution in [0.4, 0.5) is 13.2 Å². The van der Waals surface area contributed by atoms with E-state index in [4.69, 9.17) is 5.11 Å². The van der Waals surface area contributed by atoms with Crippen LogP contribution in [0.3, 0.4) is 0 Å². The molecule has 0 aliphatic carbocycles. The predicted octanol–water partition coefficient (Wildman–Crippen LogP) is 2.91. The fourth-order valence-corrected chi connectivity index (χ4v) is 2.37. The smallest absolute Gasteiger partial charge is 0.401 e. The maximum Gasteiger partial charge on any atom is 0.401 e. The molecule has 132 valence electrons. The van der Waals surface area contributed by atoms with Gasteiger partial charge in [-0.3, -0.25) is 9.80 Å². The molecule has 1 aromatic rings. The van der Waals surface area contributed by atoms with Crippen LogP contribution in [0.25, 0.3) is 0 Å². The molecule has 0 bridgehead atoms. The Morgan fingerprint density at radius 3 is 1.91 bits per heavy atom. The van der Waals surface area contributed by atoms with Crippen LogP contribution in [0.15, 0.2) is 24.3 Å². The van der Waals surface area contributed by atoms with Crippen molar-refractivity contribution in [2.75, 3.05) is 32.7 Å². The molecule has 0 atom stereocenters. The number of carbonyl (C=O) groups is 1. The van der Waals surface area contributed by atoms with Crippen LogP contribution >= 0.6 is 24.8 Å². The summed E-state index contributed by atoms with van der Waals surface area (Å²) in [7, 11) is 0. The number of alkyl halides is 3. The van der Waals surface area contributed by atoms with Crippen molar-refractivity contribution in [2.45, 2.75) is 12.7 Å². The van der Waals surface area contributed by atoms with Crippen molar-refractivity contribution in [3.63, 3.8) is 0 Å². The van der Waals surface area contributed by atoms with Gasteiger partial charge >= 0.3 is 12.1 Å². The summed E-state index contributed by atoms with van der Waals surface area (Å²) in [6.07, 6.45) is -4.14. The molecule has 0 amide bonds. The highest BCUT2D eigenvalue weighted by Crippen LogP contribution is 2.18. The number of benzene rings is 1. The summed E-state index contributed by atoms with van der Waals surface area (Å²) in [5.74, 6) is -0.970. The number of hydrogen-bond acceptors (Lipinski definition) is 3. The molecule has 1 aliphatic heterocycles. The van der Waals surface area contributed by atoms with Crippen LogP contribution < -0.4 is 0 Å². The molecule has 1 heterocycles. The highest BCUT2D eigenvalue weighted by atomic mass is 35.5. The van der Waals surface area contributed by atoms with Gasteiger partial charge in [0, 0.05) is 32.7 Å². The summed E-state index contributed by atoms with van der Waals surface area (Å²) in [6, 6.07) is 6.56. The van der Waals surface area contributed by atoms with E-state index in [-0.39, 0.29) is 30.4 Å². The second-order valence-electron chi connectivity index (χ2n) is 5.17. The zero-order chi connectivity index (χ0) is 15.5. The Morgan fingerprint density at radius 2 is 1.48 bits per heavy atom. The summed E-state index contributed by atoms with van der Waals surface area (Å²) in [5, 5.41) is 8.81. The van der Waals surface area contributed by atoms with Crippen LogP contribution in [-0.4, -0.2) is 59.8 Å². The summed E-state index contributed by atoms with van der Waals surface area (Å²) in [5.41, 5.74) is 1.19. The molecular weight excluding hydrogens is 356 g/mol. The topological polar surface area (TPSA) is 43.8 Å². The molecule has 2 rings (SSSR count). The molecule has 0 saturated carbocycles. The first-order chi connectivity index (χ1) is 9.83. The largest absolute Gasteiger partial charge is 0.478 e. The molecule has 1 fully saturated rings. The monoisotopic (exact) mass is 374 g/mol. The first kappa shape index (κ1) is 22.0. The molecule has 1 saturated heterocycles. The van der Waals surface area contributed by atoms with Gasteiger partial charge < -0.3 is 5.11 Å². The Morgan fingerprint density at radius 1 is 1.00 bits per heavy atom. The lowest BCUT2D eigenvalue weighted by atomic mass is 10.1. The molecule has 1 N–H and O–H groups in total. The first-order valence-electron chi connectivity index (χ1n) is 6.67. The fraction of sp³-hybridized carbons (Fsp3) is 0.500. The van der Waals surface area contributed by atoms with Crippen molar-refractivity contribution in [1.82, 2.24) is 9.80 Å². The van der Waals surface area contributed by atoms with E-state index in [1.807, 2.05) is 0 Å². The van der Waals surface area contributed by atoms with Gasteiger partial charge in [0.05, 0.1) is 12.1 Å². The third-order valence-corrected chi connectivity index (χ3v) is 3.47. The van der Waals surface area contributed by atoms with E-state index in [0.29, 0.717) is 32.7 Å². The Kier molecular flexibility index (Phi) is 8.90. The molecule has 0 spiro atoms. The quantitative estimate of drug-likeness (QED) is 0.879. The highest BCUT2D eigenvalue weighted by Gasteiger charge is 2.32. The number of carboxylic acids is 1. The number of aromatic carboxylic acids is 1. The minimum absolute atomic E-state index is 0. The van der Waals surface area contributed by atoms with E-state index in [1.54, 1.807) is 12.1 Å². The second kappa shape index (κ2) is 9.32. The first-order valence-corrected chi connectivity index (χ1v) is 6.67. The number of hydrogen-bond donors (Lipinski definition) is 1. The average Bonchev–Trinajstić information content (AvgIpc) is 2.40. The Balaban J connectivity index is 0.00000242. The molecule has 0 radical (unpaired) electrons. The normalized spacial score (nSPS) is 16.3. The van der Waals surface area contributed by atoms with E-state index in [0.717, 1.165) is 5.56 Å². The van der Waals surface area contributed by atoms with Crippen LogP contribution in [-0.2, 0) is 6.54 Å². The van der Waals surface area contributed by atoms with Gasteiger partial charge in [0.2, 0.25) is 0 Å². The molecule has 23 heavy (non-hydrogen) atoms. The van der Waals surface area contributed by atoms with E-state index < -0.39 is 18.7 Å². The molecule has 0 aromatic heterocycles. The van der Waals surface area contributed by atoms with Crippen molar-refractivity contribution < 1.29 is 23.1 Å². The van der Waals surface area contributed by atoms with E-state index in [9.17, 15) is 18.0 Å². The maximum atomic E-state index is 12.3.